The van der Waals surface area contributed by atoms with Gasteiger partial charge in [-0.25, -0.2) is 18.7 Å². The van der Waals surface area contributed by atoms with Crippen molar-refractivity contribution in [1.82, 2.24) is 9.97 Å². The third kappa shape index (κ3) is 4.95. The Labute approximate surface area is 187 Å². The maximum Gasteiger partial charge on any atom is 0.422 e. The van der Waals surface area contributed by atoms with Crippen LogP contribution in [-0.2, 0) is 0 Å². The number of alkyl halides is 3. The number of fused-ring (bicyclic) bond motifs is 1. The molecule has 1 N–H and O–H groups in total. The topological polar surface area (TPSA) is 67.6 Å². The van der Waals surface area contributed by atoms with Gasteiger partial charge < -0.3 is 9.84 Å². The molecule has 33 heavy (non-hydrogen) atoms. The van der Waals surface area contributed by atoms with Gasteiger partial charge in [0.15, 0.2) is 17.2 Å². The molecule has 3 aromatic rings. The van der Waals surface area contributed by atoms with Gasteiger partial charge in [-0.3, -0.25) is 4.99 Å². The molecule has 0 aliphatic carbocycles. The van der Waals surface area contributed by atoms with Gasteiger partial charge in [0.1, 0.15) is 17.2 Å². The van der Waals surface area contributed by atoms with Crippen LogP contribution in [0.5, 0.6) is 5.75 Å². The Morgan fingerprint density at radius 2 is 1.88 bits per heavy atom. The van der Waals surface area contributed by atoms with Crippen molar-refractivity contribution in [3.05, 3.63) is 59.6 Å². The number of benzene rings is 2. The highest BCUT2D eigenvalue weighted by atomic mass is 19.4. The molecular formula is C23H22F5N3O2. The van der Waals surface area contributed by atoms with Crippen molar-refractivity contribution < 1.29 is 31.8 Å². The largest absolute Gasteiger partial charge is 0.493 e. The molecule has 0 spiro atoms. The van der Waals surface area contributed by atoms with Crippen LogP contribution in [0.25, 0.3) is 10.9 Å². The first-order valence-electron chi connectivity index (χ1n) is 10.1. The van der Waals surface area contributed by atoms with Crippen molar-refractivity contribution in [1.29, 1.82) is 0 Å². The molecule has 0 saturated heterocycles. The van der Waals surface area contributed by atoms with E-state index in [9.17, 15) is 27.1 Å². The third-order valence-electron chi connectivity index (χ3n) is 5.40. The van der Waals surface area contributed by atoms with Gasteiger partial charge in [0.2, 0.25) is 0 Å². The number of hydrogen-bond donors (Lipinski definition) is 1. The molecule has 0 amide bonds. The van der Waals surface area contributed by atoms with Crippen molar-refractivity contribution in [3.8, 4) is 5.75 Å². The summed E-state index contributed by atoms with van der Waals surface area (Å²) in [6, 6.07) is 6.16. The number of aliphatic hydroxyl groups is 1. The predicted molar refractivity (Wildman–Crippen MR) is 114 cm³/mol. The second-order valence-electron chi connectivity index (χ2n) is 7.60. The number of halogens is 5. The van der Waals surface area contributed by atoms with Crippen molar-refractivity contribution in [3.63, 3.8) is 0 Å². The smallest absolute Gasteiger partial charge is 0.422 e. The van der Waals surface area contributed by atoms with E-state index in [0.29, 0.717) is 6.21 Å². The average Bonchev–Trinajstić information content (AvgIpc) is 2.76. The maximum atomic E-state index is 14.1. The fraction of sp³-hybridized carbons (Fsp3) is 0.348. The van der Waals surface area contributed by atoms with Crippen molar-refractivity contribution in [2.24, 2.45) is 4.99 Å². The third-order valence-corrected chi connectivity index (χ3v) is 5.40. The molecule has 2 aromatic carbocycles. The number of methoxy groups -OCH3 is 1. The van der Waals surface area contributed by atoms with Crippen molar-refractivity contribution >= 4 is 22.8 Å². The van der Waals surface area contributed by atoms with Gasteiger partial charge in [-0.1, -0.05) is 19.1 Å². The van der Waals surface area contributed by atoms with E-state index in [1.165, 1.54) is 31.5 Å². The van der Waals surface area contributed by atoms with Crippen LogP contribution in [0.2, 0.25) is 0 Å². The quantitative estimate of drug-likeness (QED) is 0.352. The molecule has 0 bridgehead atoms. The van der Waals surface area contributed by atoms with E-state index >= 15 is 0 Å². The number of aliphatic imine (C=N–C) groups is 1. The highest BCUT2D eigenvalue weighted by molar-refractivity contribution is 5.91. The summed E-state index contributed by atoms with van der Waals surface area (Å²) in [5.41, 5.74) is -3.28. The van der Waals surface area contributed by atoms with E-state index in [-0.39, 0.29) is 40.1 Å². The molecule has 5 nitrogen and oxygen atoms in total. The maximum absolute atomic E-state index is 14.1. The van der Waals surface area contributed by atoms with Crippen LogP contribution in [0.3, 0.4) is 0 Å². The lowest BCUT2D eigenvalue weighted by molar-refractivity contribution is -0.232. The number of hydrogen-bond acceptors (Lipinski definition) is 5. The average molecular weight is 467 g/mol. The number of para-hydroxylation sites is 1. The SMILES string of the molecule is CC[C@@H](C[C@@](O)(C=Nc1ccc(F)c2nc(C)ncc12)C(F)(F)F)c1cccc(F)c1OC. The highest BCUT2D eigenvalue weighted by Crippen LogP contribution is 2.42. The van der Waals surface area contributed by atoms with E-state index in [2.05, 4.69) is 15.0 Å². The predicted octanol–water partition coefficient (Wildman–Crippen LogP) is 5.80. The molecule has 2 atom stereocenters. The first kappa shape index (κ1) is 24.5. The van der Waals surface area contributed by atoms with Gasteiger partial charge in [-0.05, 0) is 43.9 Å². The minimum absolute atomic E-state index is 0.0366. The number of aryl methyl sites for hydroxylation is 1. The fourth-order valence-electron chi connectivity index (χ4n) is 3.60. The molecule has 0 fully saturated rings. The Morgan fingerprint density at radius 3 is 2.52 bits per heavy atom. The van der Waals surface area contributed by atoms with Gasteiger partial charge in [0, 0.05) is 23.4 Å². The van der Waals surface area contributed by atoms with Gasteiger partial charge in [-0.2, -0.15) is 13.2 Å². The second-order valence-corrected chi connectivity index (χ2v) is 7.60. The van der Waals surface area contributed by atoms with Crippen LogP contribution in [0.4, 0.5) is 27.6 Å². The van der Waals surface area contributed by atoms with Crippen LogP contribution in [-0.4, -0.2) is 40.2 Å². The van der Waals surface area contributed by atoms with Crippen molar-refractivity contribution in [2.75, 3.05) is 7.11 Å². The van der Waals surface area contributed by atoms with Crippen molar-refractivity contribution in [2.45, 2.75) is 44.4 Å². The monoisotopic (exact) mass is 467 g/mol. The highest BCUT2D eigenvalue weighted by Gasteiger charge is 2.53. The normalized spacial score (nSPS) is 15.1. The first-order valence-corrected chi connectivity index (χ1v) is 10.1. The molecule has 0 unspecified atom stereocenters. The van der Waals surface area contributed by atoms with E-state index in [4.69, 9.17) is 4.74 Å². The minimum atomic E-state index is -5.09. The number of ether oxygens (including phenoxy) is 1. The zero-order valence-electron chi connectivity index (χ0n) is 18.1. The first-order chi connectivity index (χ1) is 15.5. The lowest BCUT2D eigenvalue weighted by Crippen LogP contribution is -2.47. The van der Waals surface area contributed by atoms with Crippen LogP contribution in [0.1, 0.15) is 37.1 Å². The number of rotatable bonds is 7. The summed E-state index contributed by atoms with van der Waals surface area (Å²) in [5, 5.41) is 10.8. The van der Waals surface area contributed by atoms with E-state index in [0.717, 1.165) is 12.1 Å². The summed E-state index contributed by atoms with van der Waals surface area (Å²) < 4.78 is 75.2. The van der Waals surface area contributed by atoms with E-state index in [1.54, 1.807) is 13.8 Å². The molecule has 10 heteroatoms. The van der Waals surface area contributed by atoms with Crippen LogP contribution in [0, 0.1) is 18.6 Å². The summed E-state index contributed by atoms with van der Waals surface area (Å²) in [6.45, 7) is 3.17. The van der Waals surface area contributed by atoms with Gasteiger partial charge in [0.25, 0.3) is 0 Å². The van der Waals surface area contributed by atoms with Crippen LogP contribution in [0.15, 0.2) is 41.5 Å². The summed E-state index contributed by atoms with van der Waals surface area (Å²) >= 11 is 0. The molecule has 3 rings (SSSR count). The molecule has 1 aromatic heterocycles. The lowest BCUT2D eigenvalue weighted by atomic mass is 9.84. The van der Waals surface area contributed by atoms with Crippen LogP contribution < -0.4 is 4.74 Å². The molecule has 176 valence electrons. The van der Waals surface area contributed by atoms with E-state index in [1.807, 2.05) is 0 Å². The Bertz CT molecular complexity index is 1180. The standard InChI is InChI=1S/C23H22F5N3O2/c1-4-14(15-6-5-7-18(25)21(15)33-3)10-22(32,23(26,27)28)12-30-19-9-8-17(24)20-16(19)11-29-13(2)31-20/h5-9,11-12,14,32H,4,10H2,1-3H3/t14-,22+/m0/s1. The Hall–Kier alpha value is -3.14. The van der Waals surface area contributed by atoms with Gasteiger partial charge >= 0.3 is 6.18 Å². The zero-order valence-corrected chi connectivity index (χ0v) is 18.1. The molecule has 0 aliphatic rings. The molecule has 1 heterocycles. The van der Waals surface area contributed by atoms with Gasteiger partial charge in [0.05, 0.1) is 12.8 Å². The van der Waals surface area contributed by atoms with Crippen LogP contribution >= 0.6 is 0 Å². The molecular weight excluding hydrogens is 445 g/mol. The Balaban J connectivity index is 2.04. The lowest BCUT2D eigenvalue weighted by Gasteiger charge is -2.31. The summed E-state index contributed by atoms with van der Waals surface area (Å²) in [5.74, 6) is -2.19. The zero-order chi connectivity index (χ0) is 24.4. The minimum Gasteiger partial charge on any atom is -0.493 e. The Kier molecular flexibility index (Phi) is 6.97. The second kappa shape index (κ2) is 9.38. The molecule has 0 aliphatic heterocycles. The fourth-order valence-corrected chi connectivity index (χ4v) is 3.60. The summed E-state index contributed by atoms with van der Waals surface area (Å²) in [6.07, 6.45) is -4.11. The molecule has 0 saturated carbocycles. The van der Waals surface area contributed by atoms with E-state index < -0.39 is 35.8 Å². The number of nitrogens with zero attached hydrogens (tertiary/aromatic N) is 3. The van der Waals surface area contributed by atoms with Gasteiger partial charge in [-0.15, -0.1) is 0 Å². The molecule has 0 radical (unpaired) electrons. The number of aromatic nitrogens is 2. The summed E-state index contributed by atoms with van der Waals surface area (Å²) in [4.78, 5) is 11.7. The summed E-state index contributed by atoms with van der Waals surface area (Å²) in [7, 11) is 1.22. The Morgan fingerprint density at radius 1 is 1.15 bits per heavy atom.